The smallest absolute Gasteiger partial charge is 0.305 e. The van der Waals surface area contributed by atoms with E-state index in [1.807, 2.05) is 0 Å². The average Bonchev–Trinajstić information content (AvgIpc) is 3.18. The van der Waals surface area contributed by atoms with E-state index in [2.05, 4.69) is 26.4 Å². The van der Waals surface area contributed by atoms with Gasteiger partial charge in [0, 0.05) is 46.1 Å². The first-order chi connectivity index (χ1) is 15.9. The van der Waals surface area contributed by atoms with Gasteiger partial charge in [0.2, 0.25) is 0 Å². The first kappa shape index (κ1) is 22.2. The van der Waals surface area contributed by atoms with Gasteiger partial charge in [0.15, 0.2) is 5.76 Å². The Bertz CT molecular complexity index is 1250. The van der Waals surface area contributed by atoms with Crippen molar-refractivity contribution < 1.29 is 18.8 Å². The summed E-state index contributed by atoms with van der Waals surface area (Å²) in [6.07, 6.45) is 5.07. The molecule has 0 spiro atoms. The molecule has 168 valence electrons. The van der Waals surface area contributed by atoms with Crippen LogP contribution in [0.25, 0.3) is 0 Å². The monoisotopic (exact) mass is 465 g/mol. The van der Waals surface area contributed by atoms with Crippen molar-refractivity contribution in [1.82, 2.24) is 21.3 Å². The number of hydrogen-bond acceptors (Lipinski definition) is 6. The molecule has 3 amide bonds. The molecule has 0 bridgehead atoms. The molecule has 0 aliphatic heterocycles. The number of hydrazone groups is 1. The molecule has 1 aromatic carbocycles. The second kappa shape index (κ2) is 9.66. The summed E-state index contributed by atoms with van der Waals surface area (Å²) in [7, 11) is 0. The van der Waals surface area contributed by atoms with Crippen molar-refractivity contribution in [3.8, 4) is 0 Å². The van der Waals surface area contributed by atoms with Crippen LogP contribution in [0.1, 0.15) is 61.0 Å². The number of benzene rings is 1. The summed E-state index contributed by atoms with van der Waals surface area (Å²) < 4.78 is 5.79. The number of nitrogens with one attached hydrogen (secondary N) is 3. The van der Waals surface area contributed by atoms with E-state index < -0.39 is 11.8 Å². The first-order valence-electron chi connectivity index (χ1n) is 10.2. The average molecular weight is 466 g/mol. The second-order valence-electron chi connectivity index (χ2n) is 7.36. The normalized spacial score (nSPS) is 13.8. The van der Waals surface area contributed by atoms with Gasteiger partial charge in [-0.25, -0.2) is 5.43 Å². The van der Waals surface area contributed by atoms with Crippen LogP contribution in [-0.4, -0.2) is 28.4 Å². The van der Waals surface area contributed by atoms with Gasteiger partial charge < -0.3 is 4.42 Å². The molecule has 3 aromatic rings. The van der Waals surface area contributed by atoms with Gasteiger partial charge >= 0.3 is 5.91 Å². The van der Waals surface area contributed by atoms with Gasteiger partial charge in [-0.15, -0.1) is 0 Å². The molecule has 33 heavy (non-hydrogen) atoms. The first-order valence-corrected chi connectivity index (χ1v) is 10.6. The van der Waals surface area contributed by atoms with Gasteiger partial charge in [0.1, 0.15) is 5.76 Å². The SMILES string of the molecule is Cc1c(C(=O)NNC(=O)c2cccc(Cl)c2)oc2c1/C(=N/NC(=O)c1ccncc1)CCC2. The molecule has 1 aliphatic rings. The lowest BCUT2D eigenvalue weighted by molar-refractivity contribution is 0.0829. The molecule has 4 rings (SSSR count). The number of aromatic nitrogens is 1. The Morgan fingerprint density at radius 3 is 2.52 bits per heavy atom. The van der Waals surface area contributed by atoms with Gasteiger partial charge in [-0.05, 0) is 50.1 Å². The minimum Gasteiger partial charge on any atom is -0.455 e. The third-order valence-electron chi connectivity index (χ3n) is 5.14. The molecule has 3 N–H and O–H groups in total. The Labute approximate surface area is 194 Å². The highest BCUT2D eigenvalue weighted by molar-refractivity contribution is 6.31. The number of hydrazine groups is 1. The number of pyridine rings is 1. The van der Waals surface area contributed by atoms with E-state index >= 15 is 0 Å². The number of fused-ring (bicyclic) bond motifs is 1. The molecular formula is C23H20ClN5O4. The maximum absolute atomic E-state index is 12.7. The van der Waals surface area contributed by atoms with Crippen molar-refractivity contribution in [2.75, 3.05) is 0 Å². The number of halogens is 1. The van der Waals surface area contributed by atoms with Crippen molar-refractivity contribution in [2.45, 2.75) is 26.2 Å². The number of carbonyl (C=O) groups is 3. The van der Waals surface area contributed by atoms with Gasteiger partial charge in [0.05, 0.1) is 5.71 Å². The number of furan rings is 1. The predicted molar refractivity (Wildman–Crippen MR) is 121 cm³/mol. The molecule has 9 nitrogen and oxygen atoms in total. The quantitative estimate of drug-likeness (QED) is 0.510. The minimum atomic E-state index is -0.600. The lowest BCUT2D eigenvalue weighted by Crippen LogP contribution is -2.41. The Morgan fingerprint density at radius 1 is 1.00 bits per heavy atom. The van der Waals surface area contributed by atoms with Crippen LogP contribution in [0.4, 0.5) is 0 Å². The van der Waals surface area contributed by atoms with Gasteiger partial charge in [-0.3, -0.25) is 30.2 Å². The zero-order chi connectivity index (χ0) is 23.4. The van der Waals surface area contributed by atoms with E-state index in [9.17, 15) is 14.4 Å². The number of carbonyl (C=O) groups excluding carboxylic acids is 3. The lowest BCUT2D eigenvalue weighted by Gasteiger charge is -2.13. The van der Waals surface area contributed by atoms with E-state index in [1.165, 1.54) is 18.5 Å². The fourth-order valence-corrected chi connectivity index (χ4v) is 3.75. The van der Waals surface area contributed by atoms with Crippen molar-refractivity contribution in [1.29, 1.82) is 0 Å². The van der Waals surface area contributed by atoms with Crippen molar-refractivity contribution >= 4 is 35.0 Å². The van der Waals surface area contributed by atoms with E-state index in [-0.39, 0.29) is 11.7 Å². The summed E-state index contributed by atoms with van der Waals surface area (Å²) in [5.74, 6) is -0.790. The molecule has 0 fully saturated rings. The molecule has 0 unspecified atom stereocenters. The summed E-state index contributed by atoms with van der Waals surface area (Å²) >= 11 is 5.90. The molecule has 0 saturated carbocycles. The number of nitrogens with zero attached hydrogens (tertiary/aromatic N) is 2. The van der Waals surface area contributed by atoms with Crippen LogP contribution in [0.2, 0.25) is 5.02 Å². The van der Waals surface area contributed by atoms with Gasteiger partial charge in [-0.2, -0.15) is 5.10 Å². The summed E-state index contributed by atoms with van der Waals surface area (Å²) in [5.41, 5.74) is 9.91. The van der Waals surface area contributed by atoms with Crippen LogP contribution >= 0.6 is 11.6 Å². The number of aryl methyl sites for hydroxylation is 1. The molecule has 10 heteroatoms. The van der Waals surface area contributed by atoms with Gasteiger partial charge in [0.25, 0.3) is 11.8 Å². The fourth-order valence-electron chi connectivity index (χ4n) is 3.55. The van der Waals surface area contributed by atoms with E-state index in [0.717, 1.165) is 6.42 Å². The maximum atomic E-state index is 12.7. The fraction of sp³-hybridized carbons (Fsp3) is 0.174. The predicted octanol–water partition coefficient (Wildman–Crippen LogP) is 3.18. The second-order valence-corrected chi connectivity index (χ2v) is 7.80. The molecule has 0 saturated heterocycles. The zero-order valence-electron chi connectivity index (χ0n) is 17.6. The third kappa shape index (κ3) is 4.93. The summed E-state index contributed by atoms with van der Waals surface area (Å²) in [6, 6.07) is 9.52. The standard InChI is InChI=1S/C23H20ClN5O4/c1-13-19-17(26-27-21(30)14-8-10-25-11-9-14)6-3-7-18(19)33-20(13)23(32)29-28-22(31)15-4-2-5-16(24)12-15/h2,4-5,8-12H,3,6-7H2,1H3,(H,27,30)(H,28,31)(H,29,32)/b26-17+. The van der Waals surface area contributed by atoms with Crippen LogP contribution in [0.15, 0.2) is 58.3 Å². The number of rotatable bonds is 4. The van der Waals surface area contributed by atoms with E-state index in [0.29, 0.717) is 51.6 Å². The minimum absolute atomic E-state index is 0.0708. The Kier molecular flexibility index (Phi) is 6.50. The summed E-state index contributed by atoms with van der Waals surface area (Å²) in [6.45, 7) is 1.74. The van der Waals surface area contributed by atoms with E-state index in [4.69, 9.17) is 16.0 Å². The largest absolute Gasteiger partial charge is 0.455 e. The van der Waals surface area contributed by atoms with Crippen LogP contribution in [0.5, 0.6) is 0 Å². The van der Waals surface area contributed by atoms with Crippen molar-refractivity contribution in [3.05, 3.63) is 87.6 Å². The summed E-state index contributed by atoms with van der Waals surface area (Å²) in [4.78, 5) is 41.1. The van der Waals surface area contributed by atoms with Crippen LogP contribution < -0.4 is 16.3 Å². The lowest BCUT2D eigenvalue weighted by atomic mass is 9.93. The molecular weight excluding hydrogens is 446 g/mol. The highest BCUT2D eigenvalue weighted by Gasteiger charge is 2.28. The van der Waals surface area contributed by atoms with Crippen LogP contribution in [0, 0.1) is 6.92 Å². The zero-order valence-corrected chi connectivity index (χ0v) is 18.4. The molecule has 2 aromatic heterocycles. The van der Waals surface area contributed by atoms with Gasteiger partial charge in [-0.1, -0.05) is 17.7 Å². The van der Waals surface area contributed by atoms with Crippen LogP contribution in [0.3, 0.4) is 0 Å². The number of amides is 3. The van der Waals surface area contributed by atoms with Crippen molar-refractivity contribution in [2.24, 2.45) is 5.10 Å². The Balaban J connectivity index is 1.48. The molecule has 0 atom stereocenters. The van der Waals surface area contributed by atoms with E-state index in [1.54, 1.807) is 37.3 Å². The highest BCUT2D eigenvalue weighted by Crippen LogP contribution is 2.29. The third-order valence-corrected chi connectivity index (χ3v) is 5.38. The molecule has 0 radical (unpaired) electrons. The number of hydrogen-bond donors (Lipinski definition) is 3. The van der Waals surface area contributed by atoms with Crippen LogP contribution in [-0.2, 0) is 6.42 Å². The Morgan fingerprint density at radius 2 is 1.76 bits per heavy atom. The van der Waals surface area contributed by atoms with Crippen molar-refractivity contribution in [3.63, 3.8) is 0 Å². The molecule has 2 heterocycles. The molecule has 1 aliphatic carbocycles. The maximum Gasteiger partial charge on any atom is 0.305 e. The Hall–Kier alpha value is -3.98. The highest BCUT2D eigenvalue weighted by atomic mass is 35.5. The summed E-state index contributed by atoms with van der Waals surface area (Å²) in [5, 5.41) is 4.69. The topological polar surface area (TPSA) is 126 Å².